The van der Waals surface area contributed by atoms with Gasteiger partial charge in [0.05, 0.1) is 7.11 Å². The zero-order valence-electron chi connectivity index (χ0n) is 11.5. The fourth-order valence-corrected chi connectivity index (χ4v) is 2.96. The molecule has 0 aliphatic rings. The fraction of sp³-hybridized carbons (Fsp3) is 0.0714. The van der Waals surface area contributed by atoms with Crippen molar-refractivity contribution in [3.8, 4) is 22.4 Å². The molecule has 1 aromatic carbocycles. The number of hydrogen-bond donors (Lipinski definition) is 0. The minimum Gasteiger partial charge on any atom is -0.481 e. The van der Waals surface area contributed by atoms with E-state index in [-0.39, 0.29) is 0 Å². The first-order valence-electron chi connectivity index (χ1n) is 6.51. The van der Waals surface area contributed by atoms with Gasteiger partial charge in [-0.25, -0.2) is 9.97 Å². The average Bonchev–Trinajstić information content (AvgIpc) is 3.21. The molecule has 0 spiro atoms. The van der Waals surface area contributed by atoms with E-state index in [9.17, 15) is 0 Å². The Kier molecular flexibility index (Phi) is 3.01. The first-order valence-corrected chi connectivity index (χ1v) is 7.32. The van der Waals surface area contributed by atoms with Crippen LogP contribution in [0.3, 0.4) is 0 Å². The number of fused-ring (bicyclic) bond motifs is 1. The second kappa shape index (κ2) is 5.15. The van der Waals surface area contributed by atoms with Gasteiger partial charge in [0.25, 0.3) is 0 Å². The van der Waals surface area contributed by atoms with Crippen LogP contribution >= 0.6 is 11.3 Å². The van der Waals surface area contributed by atoms with Crippen molar-refractivity contribution in [2.24, 2.45) is 0 Å². The molecule has 7 nitrogen and oxygen atoms in total. The highest BCUT2D eigenvalue weighted by Crippen LogP contribution is 2.27. The number of tetrazole rings is 1. The van der Waals surface area contributed by atoms with Gasteiger partial charge in [-0.15, -0.1) is 5.10 Å². The Balaban J connectivity index is 1.85. The van der Waals surface area contributed by atoms with Crippen molar-refractivity contribution < 1.29 is 4.74 Å². The van der Waals surface area contributed by atoms with Crippen LogP contribution in [0.2, 0.25) is 0 Å². The van der Waals surface area contributed by atoms with Crippen molar-refractivity contribution in [3.63, 3.8) is 0 Å². The Labute approximate surface area is 129 Å². The van der Waals surface area contributed by atoms with E-state index >= 15 is 0 Å². The van der Waals surface area contributed by atoms with Crippen LogP contribution in [-0.4, -0.2) is 37.3 Å². The Bertz CT molecular complexity index is 933. The SMILES string of the molecule is COc1ccc2nc(-n3nnnc3-c3ccccc3)sc2n1. The van der Waals surface area contributed by atoms with Crippen molar-refractivity contribution in [2.45, 2.75) is 0 Å². The molecule has 0 aliphatic carbocycles. The lowest BCUT2D eigenvalue weighted by molar-refractivity contribution is 0.400. The van der Waals surface area contributed by atoms with Gasteiger partial charge in [-0.05, 0) is 16.5 Å². The third kappa shape index (κ3) is 2.09. The molecular formula is C14H10N6OS. The number of benzene rings is 1. The standard InChI is InChI=1S/C14H10N6OS/c1-21-11-8-7-10-13(16-11)22-14(15-10)20-12(17-18-19-20)9-5-3-2-4-6-9/h2-8H,1H3. The first-order chi connectivity index (χ1) is 10.8. The summed E-state index contributed by atoms with van der Waals surface area (Å²) in [6.45, 7) is 0. The minimum atomic E-state index is 0.558. The van der Waals surface area contributed by atoms with Crippen LogP contribution in [0.4, 0.5) is 0 Å². The summed E-state index contributed by atoms with van der Waals surface area (Å²) in [5.74, 6) is 1.20. The van der Waals surface area contributed by atoms with Crippen molar-refractivity contribution in [1.29, 1.82) is 0 Å². The molecule has 0 amide bonds. The van der Waals surface area contributed by atoms with Crippen molar-refractivity contribution >= 4 is 21.7 Å². The quantitative estimate of drug-likeness (QED) is 0.578. The summed E-state index contributed by atoms with van der Waals surface area (Å²) in [7, 11) is 1.59. The van der Waals surface area contributed by atoms with Gasteiger partial charge in [0.1, 0.15) is 10.3 Å². The van der Waals surface area contributed by atoms with Crippen molar-refractivity contribution in [1.82, 2.24) is 30.2 Å². The molecule has 108 valence electrons. The summed E-state index contributed by atoms with van der Waals surface area (Å²) < 4.78 is 6.76. The van der Waals surface area contributed by atoms with Crippen LogP contribution in [0.25, 0.3) is 26.9 Å². The molecule has 22 heavy (non-hydrogen) atoms. The molecule has 0 N–H and O–H groups in total. The van der Waals surface area contributed by atoms with E-state index in [1.165, 1.54) is 11.3 Å². The van der Waals surface area contributed by atoms with Gasteiger partial charge in [0.15, 0.2) is 5.82 Å². The molecule has 0 saturated heterocycles. The monoisotopic (exact) mass is 310 g/mol. The van der Waals surface area contributed by atoms with E-state index in [0.717, 1.165) is 15.9 Å². The average molecular weight is 310 g/mol. The third-order valence-electron chi connectivity index (χ3n) is 3.11. The zero-order chi connectivity index (χ0) is 14.9. The van der Waals surface area contributed by atoms with E-state index < -0.39 is 0 Å². The summed E-state index contributed by atoms with van der Waals surface area (Å²) >= 11 is 1.41. The second-order valence-corrected chi connectivity index (χ2v) is 5.41. The molecule has 3 heterocycles. The number of methoxy groups -OCH3 is 1. The lowest BCUT2D eigenvalue weighted by atomic mass is 10.2. The molecule has 0 saturated carbocycles. The summed E-state index contributed by atoms with van der Waals surface area (Å²) in [6, 6.07) is 13.4. The molecule has 4 aromatic rings. The fourth-order valence-electron chi connectivity index (χ4n) is 2.08. The first kappa shape index (κ1) is 12.8. The third-order valence-corrected chi connectivity index (χ3v) is 4.05. The van der Waals surface area contributed by atoms with Crippen LogP contribution < -0.4 is 4.74 Å². The topological polar surface area (TPSA) is 78.6 Å². The maximum Gasteiger partial charge on any atom is 0.216 e. The maximum atomic E-state index is 5.14. The highest BCUT2D eigenvalue weighted by molar-refractivity contribution is 7.20. The Morgan fingerprint density at radius 2 is 1.91 bits per heavy atom. The van der Waals surface area contributed by atoms with Gasteiger partial charge in [-0.1, -0.05) is 41.7 Å². The van der Waals surface area contributed by atoms with E-state index in [4.69, 9.17) is 4.74 Å². The molecule has 0 atom stereocenters. The van der Waals surface area contributed by atoms with Gasteiger partial charge < -0.3 is 4.74 Å². The second-order valence-electron chi connectivity index (χ2n) is 4.45. The van der Waals surface area contributed by atoms with Gasteiger partial charge >= 0.3 is 0 Å². The smallest absolute Gasteiger partial charge is 0.216 e. The number of thiazole rings is 1. The summed E-state index contributed by atoms with van der Waals surface area (Å²) in [6.07, 6.45) is 0. The summed E-state index contributed by atoms with van der Waals surface area (Å²) in [5, 5.41) is 12.6. The largest absolute Gasteiger partial charge is 0.481 e. The number of hydrogen-bond acceptors (Lipinski definition) is 7. The van der Waals surface area contributed by atoms with Crippen molar-refractivity contribution in [2.75, 3.05) is 7.11 Å². The predicted molar refractivity (Wildman–Crippen MR) is 82.1 cm³/mol. The van der Waals surface area contributed by atoms with Crippen LogP contribution in [0.1, 0.15) is 0 Å². The zero-order valence-corrected chi connectivity index (χ0v) is 12.4. The molecule has 8 heteroatoms. The lowest BCUT2D eigenvalue weighted by Gasteiger charge is -1.99. The van der Waals surface area contributed by atoms with E-state index in [1.807, 2.05) is 36.4 Å². The predicted octanol–water partition coefficient (Wildman–Crippen LogP) is 2.34. The molecule has 0 bridgehead atoms. The Hall–Kier alpha value is -2.87. The Morgan fingerprint density at radius 1 is 1.05 bits per heavy atom. The Morgan fingerprint density at radius 3 is 2.73 bits per heavy atom. The normalized spacial score (nSPS) is 11.0. The number of nitrogens with zero attached hydrogens (tertiary/aromatic N) is 6. The van der Waals surface area contributed by atoms with Gasteiger partial charge in [0, 0.05) is 11.6 Å². The maximum absolute atomic E-state index is 5.14. The van der Waals surface area contributed by atoms with Crippen LogP contribution in [0.5, 0.6) is 5.88 Å². The minimum absolute atomic E-state index is 0.558. The number of ether oxygens (including phenoxy) is 1. The molecule has 4 rings (SSSR count). The molecule has 0 unspecified atom stereocenters. The highest BCUT2D eigenvalue weighted by atomic mass is 32.1. The summed E-state index contributed by atoms with van der Waals surface area (Å²) in [4.78, 5) is 9.70. The molecule has 0 fully saturated rings. The van der Waals surface area contributed by atoms with Crippen LogP contribution in [0.15, 0.2) is 42.5 Å². The molecule has 0 aliphatic heterocycles. The molecule has 3 aromatic heterocycles. The highest BCUT2D eigenvalue weighted by Gasteiger charge is 2.15. The number of aromatic nitrogens is 6. The van der Waals surface area contributed by atoms with Crippen LogP contribution in [0, 0.1) is 0 Å². The van der Waals surface area contributed by atoms with E-state index in [1.54, 1.807) is 17.9 Å². The van der Waals surface area contributed by atoms with Gasteiger partial charge in [-0.2, -0.15) is 4.68 Å². The number of pyridine rings is 1. The van der Waals surface area contributed by atoms with Gasteiger partial charge in [0.2, 0.25) is 11.0 Å². The summed E-state index contributed by atoms with van der Waals surface area (Å²) in [5.41, 5.74) is 1.72. The molecular weight excluding hydrogens is 300 g/mol. The van der Waals surface area contributed by atoms with E-state index in [2.05, 4.69) is 25.5 Å². The molecule has 0 radical (unpaired) electrons. The van der Waals surface area contributed by atoms with Crippen molar-refractivity contribution in [3.05, 3.63) is 42.5 Å². The lowest BCUT2D eigenvalue weighted by Crippen LogP contribution is -1.98. The van der Waals surface area contributed by atoms with E-state index in [0.29, 0.717) is 16.8 Å². The number of rotatable bonds is 3. The van der Waals surface area contributed by atoms with Gasteiger partial charge in [-0.3, -0.25) is 0 Å². The van der Waals surface area contributed by atoms with Crippen LogP contribution in [-0.2, 0) is 0 Å².